The van der Waals surface area contributed by atoms with Crippen molar-refractivity contribution in [1.29, 1.82) is 0 Å². The topological polar surface area (TPSA) is 125 Å². The molecule has 2 aromatic carbocycles. The molecule has 4 aromatic rings. The lowest BCUT2D eigenvalue weighted by atomic mass is 10.1. The molecule has 0 saturated heterocycles. The molecule has 158 valence electrons. The number of hydrogen-bond acceptors (Lipinski definition) is 6. The summed E-state index contributed by atoms with van der Waals surface area (Å²) in [5.41, 5.74) is 0.967. The van der Waals surface area contributed by atoms with E-state index in [1.807, 2.05) is 19.1 Å². The average molecular weight is 420 g/mol. The predicted molar refractivity (Wildman–Crippen MR) is 112 cm³/mol. The van der Waals surface area contributed by atoms with E-state index in [0.717, 1.165) is 11.6 Å². The number of furan rings is 1. The summed E-state index contributed by atoms with van der Waals surface area (Å²) in [7, 11) is 1.56. The van der Waals surface area contributed by atoms with Crippen LogP contribution in [-0.2, 0) is 6.54 Å². The molecule has 0 aliphatic heterocycles. The molecule has 2 heterocycles. The van der Waals surface area contributed by atoms with E-state index in [2.05, 4.69) is 10.2 Å². The predicted octanol–water partition coefficient (Wildman–Crippen LogP) is 2.81. The highest BCUT2D eigenvalue weighted by molar-refractivity contribution is 5.98. The lowest BCUT2D eigenvalue weighted by Crippen LogP contribution is -2.26. The van der Waals surface area contributed by atoms with Gasteiger partial charge in [-0.2, -0.15) is 5.10 Å². The highest BCUT2D eigenvalue weighted by atomic mass is 16.3. The van der Waals surface area contributed by atoms with Gasteiger partial charge in [0.1, 0.15) is 17.3 Å². The summed E-state index contributed by atoms with van der Waals surface area (Å²) in [6.07, 6.45) is 1.51. The maximum atomic E-state index is 12.9. The van der Waals surface area contributed by atoms with Crippen LogP contribution < -0.4 is 5.69 Å². The van der Waals surface area contributed by atoms with Gasteiger partial charge in [0.05, 0.1) is 29.6 Å². The van der Waals surface area contributed by atoms with Crippen molar-refractivity contribution in [2.45, 2.75) is 13.5 Å². The molecule has 3 N–H and O–H groups in total. The lowest BCUT2D eigenvalue weighted by molar-refractivity contribution is 0.0772. The zero-order valence-electron chi connectivity index (χ0n) is 16.9. The van der Waals surface area contributed by atoms with Gasteiger partial charge < -0.3 is 19.5 Å². The Kier molecular flexibility index (Phi) is 5.08. The van der Waals surface area contributed by atoms with Crippen LogP contribution >= 0.6 is 0 Å². The molecule has 0 atom stereocenters. The van der Waals surface area contributed by atoms with Crippen molar-refractivity contribution < 1.29 is 19.4 Å². The SMILES string of the molecule is Cc1ccccc1-n1c(-c2cc(C(=O)N(C)Cc3ccco3)c(O)cc2O)n[nH]c1=O. The molecule has 31 heavy (non-hydrogen) atoms. The minimum atomic E-state index is -0.500. The van der Waals surface area contributed by atoms with Gasteiger partial charge in [-0.15, -0.1) is 0 Å². The van der Waals surface area contributed by atoms with Crippen LogP contribution in [0.3, 0.4) is 0 Å². The van der Waals surface area contributed by atoms with E-state index in [1.54, 1.807) is 31.3 Å². The summed E-state index contributed by atoms with van der Waals surface area (Å²) in [5, 5.41) is 27.2. The van der Waals surface area contributed by atoms with Crippen LogP contribution in [0.5, 0.6) is 11.5 Å². The Morgan fingerprint density at radius 3 is 2.65 bits per heavy atom. The zero-order valence-corrected chi connectivity index (χ0v) is 16.9. The maximum Gasteiger partial charge on any atom is 0.348 e. The number of aromatic amines is 1. The number of aromatic nitrogens is 3. The van der Waals surface area contributed by atoms with Crippen LogP contribution in [0.15, 0.2) is 64.0 Å². The van der Waals surface area contributed by atoms with Gasteiger partial charge in [0, 0.05) is 13.1 Å². The third-order valence-electron chi connectivity index (χ3n) is 4.93. The van der Waals surface area contributed by atoms with Crippen LogP contribution in [0, 0.1) is 6.92 Å². The van der Waals surface area contributed by atoms with Gasteiger partial charge in [-0.1, -0.05) is 18.2 Å². The van der Waals surface area contributed by atoms with Crippen LogP contribution in [0.2, 0.25) is 0 Å². The fourth-order valence-corrected chi connectivity index (χ4v) is 3.36. The summed E-state index contributed by atoms with van der Waals surface area (Å²) in [5.74, 6) is -0.514. The first-order valence-corrected chi connectivity index (χ1v) is 9.44. The normalized spacial score (nSPS) is 10.9. The summed E-state index contributed by atoms with van der Waals surface area (Å²) >= 11 is 0. The van der Waals surface area contributed by atoms with Gasteiger partial charge in [0.2, 0.25) is 0 Å². The monoisotopic (exact) mass is 420 g/mol. The summed E-state index contributed by atoms with van der Waals surface area (Å²) in [4.78, 5) is 26.8. The molecular formula is C22H20N4O5. The molecular weight excluding hydrogens is 400 g/mol. The van der Waals surface area contributed by atoms with Gasteiger partial charge in [-0.25, -0.2) is 14.5 Å². The second-order valence-electron chi connectivity index (χ2n) is 7.10. The zero-order chi connectivity index (χ0) is 22.1. The van der Waals surface area contributed by atoms with E-state index >= 15 is 0 Å². The van der Waals surface area contributed by atoms with Gasteiger partial charge in [-0.05, 0) is 36.8 Å². The number of hydrogen-bond donors (Lipinski definition) is 3. The smallest absolute Gasteiger partial charge is 0.348 e. The first-order chi connectivity index (χ1) is 14.9. The highest BCUT2D eigenvalue weighted by Crippen LogP contribution is 2.35. The molecule has 9 heteroatoms. The largest absolute Gasteiger partial charge is 0.507 e. The Morgan fingerprint density at radius 1 is 1.16 bits per heavy atom. The van der Waals surface area contributed by atoms with E-state index in [9.17, 15) is 19.8 Å². The summed E-state index contributed by atoms with van der Waals surface area (Å²) < 4.78 is 6.57. The van der Waals surface area contributed by atoms with Crippen molar-refractivity contribution in [3.63, 3.8) is 0 Å². The molecule has 1 amide bonds. The van der Waals surface area contributed by atoms with E-state index in [1.165, 1.54) is 21.8 Å². The number of H-pyrrole nitrogens is 1. The third kappa shape index (κ3) is 3.68. The highest BCUT2D eigenvalue weighted by Gasteiger charge is 2.23. The summed E-state index contributed by atoms with van der Waals surface area (Å²) in [6, 6.07) is 13.0. The Labute approximate surface area is 176 Å². The van der Waals surface area contributed by atoms with Gasteiger partial charge in [-0.3, -0.25) is 4.79 Å². The van der Waals surface area contributed by atoms with Crippen molar-refractivity contribution >= 4 is 5.91 Å². The van der Waals surface area contributed by atoms with Crippen molar-refractivity contribution in [3.05, 3.63) is 82.2 Å². The first-order valence-electron chi connectivity index (χ1n) is 9.44. The Hall–Kier alpha value is -4.27. The van der Waals surface area contributed by atoms with Crippen molar-refractivity contribution in [3.8, 4) is 28.6 Å². The van der Waals surface area contributed by atoms with Gasteiger partial charge >= 0.3 is 5.69 Å². The molecule has 0 spiro atoms. The first kappa shape index (κ1) is 20.0. The van der Waals surface area contributed by atoms with Gasteiger partial charge in [0.15, 0.2) is 5.82 Å². The molecule has 0 fully saturated rings. The number of amides is 1. The average Bonchev–Trinajstić information content (AvgIpc) is 3.38. The molecule has 0 bridgehead atoms. The number of aromatic hydroxyl groups is 2. The minimum absolute atomic E-state index is 0.0476. The van der Waals surface area contributed by atoms with Crippen molar-refractivity contribution in [2.24, 2.45) is 0 Å². The number of para-hydroxylation sites is 1. The van der Waals surface area contributed by atoms with Crippen LogP contribution in [-0.4, -0.2) is 42.8 Å². The standard InChI is InChI=1S/C22H20N4O5/c1-13-6-3-4-8-17(13)26-20(23-24-22(26)30)15-10-16(19(28)11-18(15)27)21(29)25(2)12-14-7-5-9-31-14/h3-11,27-28H,12H2,1-2H3,(H,24,30). The number of carbonyl (C=O) groups excluding carboxylic acids is 1. The van der Waals surface area contributed by atoms with E-state index < -0.39 is 17.3 Å². The number of carbonyl (C=O) groups is 1. The number of nitrogens with one attached hydrogen (secondary N) is 1. The van der Waals surface area contributed by atoms with Crippen LogP contribution in [0.25, 0.3) is 17.1 Å². The van der Waals surface area contributed by atoms with E-state index in [4.69, 9.17) is 4.42 Å². The van der Waals surface area contributed by atoms with E-state index in [-0.39, 0.29) is 29.2 Å². The second kappa shape index (κ2) is 7.86. The minimum Gasteiger partial charge on any atom is -0.507 e. The molecule has 0 radical (unpaired) electrons. The van der Waals surface area contributed by atoms with Crippen molar-refractivity contribution in [1.82, 2.24) is 19.7 Å². The molecule has 0 saturated carbocycles. The van der Waals surface area contributed by atoms with Gasteiger partial charge in [0.25, 0.3) is 5.91 Å². The third-order valence-corrected chi connectivity index (χ3v) is 4.93. The Balaban J connectivity index is 1.79. The Morgan fingerprint density at radius 2 is 1.94 bits per heavy atom. The number of phenolic OH excluding ortho intramolecular Hbond substituents is 2. The fourth-order valence-electron chi connectivity index (χ4n) is 3.36. The molecule has 0 aliphatic rings. The molecule has 0 aliphatic carbocycles. The molecule has 4 rings (SSSR count). The van der Waals surface area contributed by atoms with Crippen LogP contribution in [0.1, 0.15) is 21.7 Å². The van der Waals surface area contributed by atoms with E-state index in [0.29, 0.717) is 11.4 Å². The molecule has 2 aromatic heterocycles. The number of nitrogens with zero attached hydrogens (tertiary/aromatic N) is 3. The maximum absolute atomic E-state index is 12.9. The number of rotatable bonds is 5. The molecule has 0 unspecified atom stereocenters. The second-order valence-corrected chi connectivity index (χ2v) is 7.10. The lowest BCUT2D eigenvalue weighted by Gasteiger charge is -2.18. The summed E-state index contributed by atoms with van der Waals surface area (Å²) in [6.45, 7) is 2.03. The van der Waals surface area contributed by atoms with Crippen molar-refractivity contribution in [2.75, 3.05) is 7.05 Å². The Bertz CT molecular complexity index is 1300. The quantitative estimate of drug-likeness (QED) is 0.456. The number of phenols is 2. The number of benzene rings is 2. The fraction of sp³-hybridized carbons (Fsp3) is 0.136. The number of aryl methyl sites for hydroxylation is 1. The van der Waals surface area contributed by atoms with Crippen LogP contribution in [0.4, 0.5) is 0 Å². The molecule has 9 nitrogen and oxygen atoms in total.